The van der Waals surface area contributed by atoms with E-state index in [0.29, 0.717) is 23.2 Å². The van der Waals surface area contributed by atoms with Crippen molar-refractivity contribution in [2.45, 2.75) is 44.8 Å². The molecule has 0 saturated carbocycles. The maximum atomic E-state index is 12.6. The summed E-state index contributed by atoms with van der Waals surface area (Å²) in [5.41, 5.74) is 7.22. The molecule has 0 radical (unpaired) electrons. The average molecular weight is 374 g/mol. The lowest BCUT2D eigenvalue weighted by atomic mass is 10.1. The van der Waals surface area contributed by atoms with Gasteiger partial charge in [0.2, 0.25) is 0 Å². The highest BCUT2D eigenvalue weighted by Crippen LogP contribution is 2.32. The summed E-state index contributed by atoms with van der Waals surface area (Å²) in [6, 6.07) is 4.76. The SMILES string of the molecule is CCCS(=O)(=O)c1c(C)c(C)n(Cc2ccc(C(F)(F)F)cc2)c1N. The number of hydrogen-bond acceptors (Lipinski definition) is 3. The van der Waals surface area contributed by atoms with Gasteiger partial charge in [-0.3, -0.25) is 0 Å². The number of aromatic nitrogens is 1. The molecule has 0 spiro atoms. The van der Waals surface area contributed by atoms with Crippen LogP contribution < -0.4 is 5.73 Å². The van der Waals surface area contributed by atoms with Crippen LogP contribution in [0.15, 0.2) is 29.2 Å². The minimum atomic E-state index is -4.39. The van der Waals surface area contributed by atoms with Gasteiger partial charge >= 0.3 is 6.18 Å². The lowest BCUT2D eigenvalue weighted by molar-refractivity contribution is -0.137. The number of sulfone groups is 1. The summed E-state index contributed by atoms with van der Waals surface area (Å²) in [7, 11) is -3.49. The molecule has 0 aliphatic carbocycles. The summed E-state index contributed by atoms with van der Waals surface area (Å²) in [6.07, 6.45) is -3.91. The van der Waals surface area contributed by atoms with E-state index in [4.69, 9.17) is 5.73 Å². The number of anilines is 1. The van der Waals surface area contributed by atoms with E-state index in [-0.39, 0.29) is 23.0 Å². The Kier molecular flexibility index (Phi) is 5.22. The molecule has 138 valence electrons. The number of rotatable bonds is 5. The first-order valence-electron chi connectivity index (χ1n) is 7.83. The van der Waals surface area contributed by atoms with Crippen LogP contribution in [0.4, 0.5) is 19.0 Å². The number of nitrogen functional groups attached to an aromatic ring is 1. The minimum absolute atomic E-state index is 0.00176. The Morgan fingerprint density at radius 1 is 1.12 bits per heavy atom. The van der Waals surface area contributed by atoms with Crippen molar-refractivity contribution in [1.29, 1.82) is 0 Å². The molecule has 0 amide bonds. The van der Waals surface area contributed by atoms with E-state index in [1.165, 1.54) is 12.1 Å². The second-order valence-corrected chi connectivity index (χ2v) is 8.07. The van der Waals surface area contributed by atoms with Gasteiger partial charge in [-0.2, -0.15) is 13.2 Å². The predicted octanol–water partition coefficient (Wildman–Crippen LogP) is 3.94. The third-order valence-corrected chi connectivity index (χ3v) is 6.30. The van der Waals surface area contributed by atoms with Crippen LogP contribution in [-0.4, -0.2) is 18.7 Å². The zero-order valence-corrected chi connectivity index (χ0v) is 15.1. The van der Waals surface area contributed by atoms with Crippen LogP contribution in [0.2, 0.25) is 0 Å². The van der Waals surface area contributed by atoms with Crippen molar-refractivity contribution in [3.8, 4) is 0 Å². The van der Waals surface area contributed by atoms with Crippen LogP contribution in [0, 0.1) is 13.8 Å². The molecule has 0 aliphatic rings. The Bertz CT molecular complexity index is 867. The Balaban J connectivity index is 2.42. The molecule has 0 fully saturated rings. The standard InChI is InChI=1S/C17H21F3N2O2S/c1-4-9-25(23,24)15-11(2)12(3)22(16(15)21)10-13-5-7-14(8-6-13)17(18,19)20/h5-8H,4,9-10,21H2,1-3H3. The van der Waals surface area contributed by atoms with Gasteiger partial charge in [0.05, 0.1) is 11.3 Å². The molecule has 2 aromatic rings. The van der Waals surface area contributed by atoms with E-state index < -0.39 is 21.6 Å². The highest BCUT2D eigenvalue weighted by Gasteiger charge is 2.30. The summed E-state index contributed by atoms with van der Waals surface area (Å²) in [5.74, 6) is 0.130. The third kappa shape index (κ3) is 3.84. The van der Waals surface area contributed by atoms with E-state index in [1.807, 2.05) is 0 Å². The summed E-state index contributed by atoms with van der Waals surface area (Å²) < 4.78 is 64.4. The molecule has 2 N–H and O–H groups in total. The largest absolute Gasteiger partial charge is 0.416 e. The maximum Gasteiger partial charge on any atom is 0.416 e. The lowest BCUT2D eigenvalue weighted by Gasteiger charge is -2.11. The Morgan fingerprint density at radius 3 is 2.16 bits per heavy atom. The third-order valence-electron chi connectivity index (χ3n) is 4.22. The number of hydrogen-bond donors (Lipinski definition) is 1. The Labute approximate surface area is 145 Å². The number of nitrogens with zero attached hydrogens (tertiary/aromatic N) is 1. The zero-order chi connectivity index (χ0) is 19.0. The number of alkyl halides is 3. The van der Waals surface area contributed by atoms with E-state index in [2.05, 4.69) is 0 Å². The van der Waals surface area contributed by atoms with Gasteiger partial charge in [-0.25, -0.2) is 8.42 Å². The molecule has 1 heterocycles. The van der Waals surface area contributed by atoms with E-state index in [0.717, 1.165) is 12.1 Å². The second-order valence-electron chi connectivity index (χ2n) is 6.02. The second kappa shape index (κ2) is 6.74. The van der Waals surface area contributed by atoms with Crippen molar-refractivity contribution in [1.82, 2.24) is 4.57 Å². The molecule has 25 heavy (non-hydrogen) atoms. The average Bonchev–Trinajstić information content (AvgIpc) is 2.71. The molecular weight excluding hydrogens is 353 g/mol. The number of nitrogens with two attached hydrogens (primary N) is 1. The first-order chi connectivity index (χ1) is 11.5. The smallest absolute Gasteiger partial charge is 0.384 e. The van der Waals surface area contributed by atoms with Crippen molar-refractivity contribution in [2.75, 3.05) is 11.5 Å². The fourth-order valence-electron chi connectivity index (χ4n) is 2.81. The van der Waals surface area contributed by atoms with Crippen LogP contribution in [0.5, 0.6) is 0 Å². The van der Waals surface area contributed by atoms with Crippen molar-refractivity contribution in [2.24, 2.45) is 0 Å². The van der Waals surface area contributed by atoms with Gasteiger partial charge in [0.25, 0.3) is 0 Å². The van der Waals surface area contributed by atoms with Gasteiger partial charge in [-0.15, -0.1) is 0 Å². The van der Waals surface area contributed by atoms with Gasteiger partial charge in [0.15, 0.2) is 9.84 Å². The lowest BCUT2D eigenvalue weighted by Crippen LogP contribution is -2.11. The van der Waals surface area contributed by atoms with Gasteiger partial charge < -0.3 is 10.3 Å². The van der Waals surface area contributed by atoms with Crippen LogP contribution in [0.3, 0.4) is 0 Å². The van der Waals surface area contributed by atoms with Gasteiger partial charge in [0.1, 0.15) is 10.7 Å². The maximum absolute atomic E-state index is 12.6. The molecule has 4 nitrogen and oxygen atoms in total. The number of halogens is 3. The quantitative estimate of drug-likeness (QED) is 0.862. The Morgan fingerprint density at radius 2 is 1.68 bits per heavy atom. The molecule has 0 unspecified atom stereocenters. The highest BCUT2D eigenvalue weighted by molar-refractivity contribution is 7.91. The summed E-state index contributed by atoms with van der Waals surface area (Å²) in [5, 5.41) is 0. The summed E-state index contributed by atoms with van der Waals surface area (Å²) in [6.45, 7) is 5.42. The van der Waals surface area contributed by atoms with Crippen molar-refractivity contribution in [3.05, 3.63) is 46.6 Å². The molecule has 1 aromatic heterocycles. The predicted molar refractivity (Wildman–Crippen MR) is 91.2 cm³/mol. The molecule has 0 aliphatic heterocycles. The van der Waals surface area contributed by atoms with Crippen molar-refractivity contribution < 1.29 is 21.6 Å². The van der Waals surface area contributed by atoms with Gasteiger partial charge in [-0.1, -0.05) is 19.1 Å². The van der Waals surface area contributed by atoms with E-state index >= 15 is 0 Å². The van der Waals surface area contributed by atoms with Crippen molar-refractivity contribution >= 4 is 15.7 Å². The molecule has 0 saturated heterocycles. The van der Waals surface area contributed by atoms with E-state index in [1.54, 1.807) is 25.3 Å². The molecule has 0 atom stereocenters. The van der Waals surface area contributed by atoms with Crippen LogP contribution >= 0.6 is 0 Å². The highest BCUT2D eigenvalue weighted by atomic mass is 32.2. The Hall–Kier alpha value is -1.96. The van der Waals surface area contributed by atoms with Gasteiger partial charge in [0, 0.05) is 12.2 Å². The first kappa shape index (κ1) is 19.4. The molecule has 0 bridgehead atoms. The van der Waals surface area contributed by atoms with Crippen LogP contribution in [0.1, 0.15) is 35.7 Å². The first-order valence-corrected chi connectivity index (χ1v) is 9.48. The molecule has 8 heteroatoms. The topological polar surface area (TPSA) is 65.1 Å². The minimum Gasteiger partial charge on any atom is -0.384 e. The normalized spacial score (nSPS) is 12.6. The van der Waals surface area contributed by atoms with Crippen LogP contribution in [-0.2, 0) is 22.6 Å². The zero-order valence-electron chi connectivity index (χ0n) is 14.3. The molecule has 1 aromatic carbocycles. The summed E-state index contributed by atoms with van der Waals surface area (Å²) in [4.78, 5) is 0.124. The molecule has 2 rings (SSSR count). The van der Waals surface area contributed by atoms with E-state index in [9.17, 15) is 21.6 Å². The fourth-order valence-corrected chi connectivity index (χ4v) is 4.60. The van der Waals surface area contributed by atoms with Crippen molar-refractivity contribution in [3.63, 3.8) is 0 Å². The molecular formula is C17H21F3N2O2S. The monoisotopic (exact) mass is 374 g/mol. The number of benzene rings is 1. The van der Waals surface area contributed by atoms with Gasteiger partial charge in [-0.05, 0) is 43.5 Å². The summed E-state index contributed by atoms with van der Waals surface area (Å²) >= 11 is 0. The van der Waals surface area contributed by atoms with Crippen LogP contribution in [0.25, 0.3) is 0 Å². The fraction of sp³-hybridized carbons (Fsp3) is 0.412.